The van der Waals surface area contributed by atoms with Gasteiger partial charge in [-0.15, -0.1) is 0 Å². The van der Waals surface area contributed by atoms with Gasteiger partial charge in [-0.05, 0) is 57.7 Å². The molecule has 40 heavy (non-hydrogen) atoms. The first-order valence-electron chi connectivity index (χ1n) is 12.7. The number of rotatable bonds is 6. The number of hydrogen-bond donors (Lipinski definition) is 0. The fourth-order valence-electron chi connectivity index (χ4n) is 4.94. The smallest absolute Gasteiger partial charge is 0.406 e. The lowest BCUT2D eigenvalue weighted by Gasteiger charge is -2.23. The molecule has 0 saturated heterocycles. The van der Waals surface area contributed by atoms with Crippen LogP contribution in [-0.2, 0) is 16.6 Å². The summed E-state index contributed by atoms with van der Waals surface area (Å²) < 4.78 is 91.0. The molecule has 4 aromatic rings. The Bertz CT molecular complexity index is 1740. The summed E-state index contributed by atoms with van der Waals surface area (Å²) in [6, 6.07) is 7.80. The Morgan fingerprint density at radius 2 is 1.68 bits per heavy atom. The Balaban J connectivity index is 1.78. The highest BCUT2D eigenvalue weighted by Crippen LogP contribution is 2.36. The van der Waals surface area contributed by atoms with Crippen molar-refractivity contribution in [2.75, 3.05) is 0 Å². The van der Waals surface area contributed by atoms with E-state index < -0.39 is 45.3 Å². The summed E-state index contributed by atoms with van der Waals surface area (Å²) in [5, 5.41) is 0. The van der Waals surface area contributed by atoms with E-state index in [0.717, 1.165) is 47.1 Å². The van der Waals surface area contributed by atoms with Crippen molar-refractivity contribution in [2.45, 2.75) is 69.7 Å². The molecule has 212 valence electrons. The van der Waals surface area contributed by atoms with E-state index in [4.69, 9.17) is 4.74 Å². The lowest BCUT2D eigenvalue weighted by atomic mass is 9.98. The molecule has 13 heteroatoms. The van der Waals surface area contributed by atoms with Crippen LogP contribution in [0.1, 0.15) is 43.5 Å². The van der Waals surface area contributed by atoms with E-state index in [0.29, 0.717) is 17.4 Å². The summed E-state index contributed by atoms with van der Waals surface area (Å²) >= 11 is 0. The number of ether oxygens (including phenoxy) is 1. The van der Waals surface area contributed by atoms with Crippen molar-refractivity contribution in [3.63, 3.8) is 0 Å². The van der Waals surface area contributed by atoms with Crippen molar-refractivity contribution < 1.29 is 30.7 Å². The lowest BCUT2D eigenvalue weighted by Crippen LogP contribution is -2.28. The molecule has 1 saturated carbocycles. The molecule has 0 amide bonds. The summed E-state index contributed by atoms with van der Waals surface area (Å²) in [7, 11) is -4.38. The molecule has 0 N–H and O–H groups in total. The van der Waals surface area contributed by atoms with Crippen molar-refractivity contribution in [1.29, 1.82) is 0 Å². The van der Waals surface area contributed by atoms with Crippen LogP contribution in [0.2, 0.25) is 0 Å². The monoisotopic (exact) mass is 578 g/mol. The maximum atomic E-state index is 15.9. The molecule has 0 spiro atoms. The predicted molar refractivity (Wildman–Crippen MR) is 139 cm³/mol. The highest BCUT2D eigenvalue weighted by molar-refractivity contribution is 7.90. The Labute approximate surface area is 227 Å². The highest BCUT2D eigenvalue weighted by atomic mass is 32.2. The molecule has 3 aromatic heterocycles. The van der Waals surface area contributed by atoms with Crippen LogP contribution in [0.15, 0.2) is 52.3 Å². The van der Waals surface area contributed by atoms with E-state index in [1.807, 2.05) is 0 Å². The second kappa shape index (κ2) is 10.3. The highest BCUT2D eigenvalue weighted by Gasteiger charge is 2.33. The van der Waals surface area contributed by atoms with Crippen LogP contribution in [0.25, 0.3) is 22.3 Å². The van der Waals surface area contributed by atoms with Gasteiger partial charge in [-0.1, -0.05) is 24.1 Å². The molecule has 0 radical (unpaired) electrons. The third-order valence-electron chi connectivity index (χ3n) is 6.83. The van der Waals surface area contributed by atoms with Crippen LogP contribution in [0.3, 0.4) is 0 Å². The Morgan fingerprint density at radius 1 is 1.00 bits per heavy atom. The lowest BCUT2D eigenvalue weighted by molar-refractivity contribution is -0.140. The molecular formula is C27H26F4N4O4S. The van der Waals surface area contributed by atoms with Crippen molar-refractivity contribution in [3.05, 3.63) is 70.2 Å². The molecule has 5 rings (SSSR count). The molecule has 1 fully saturated rings. The number of alkyl halides is 3. The summed E-state index contributed by atoms with van der Waals surface area (Å²) in [6.45, 7) is 1.51. The third-order valence-corrected chi connectivity index (χ3v) is 8.52. The zero-order valence-corrected chi connectivity index (χ0v) is 22.5. The summed E-state index contributed by atoms with van der Waals surface area (Å²) in [6.07, 6.45) is 0.0755. The number of fused-ring (bicyclic) bond motifs is 1. The van der Waals surface area contributed by atoms with E-state index in [1.54, 1.807) is 19.1 Å². The number of halogens is 4. The second-order valence-corrected chi connectivity index (χ2v) is 11.7. The number of aromatic nitrogens is 4. The molecule has 1 aliphatic carbocycles. The van der Waals surface area contributed by atoms with Crippen LogP contribution in [0.4, 0.5) is 17.6 Å². The minimum atomic E-state index is -4.83. The van der Waals surface area contributed by atoms with E-state index in [1.165, 1.54) is 19.1 Å². The quantitative estimate of drug-likeness (QED) is 0.280. The van der Waals surface area contributed by atoms with Gasteiger partial charge in [0.25, 0.3) is 21.5 Å². The standard InChI is InChI=1S/C27H26F4N4O4S/c1-16-8-10-19(11-9-16)40(37,38)35-14-20(25-21(35)12-13-22(36)34(25)15-27(29,30)31)24-23(28)26(33-17(2)32-24)39-18-6-4-3-5-7-18/h8-14,18H,3-7,15H2,1-2H3. The summed E-state index contributed by atoms with van der Waals surface area (Å²) in [4.78, 5) is 20.7. The molecule has 0 aliphatic heterocycles. The first-order valence-corrected chi connectivity index (χ1v) is 14.1. The zero-order chi connectivity index (χ0) is 28.8. The van der Waals surface area contributed by atoms with Crippen molar-refractivity contribution in [1.82, 2.24) is 18.5 Å². The van der Waals surface area contributed by atoms with Crippen LogP contribution >= 0.6 is 0 Å². The van der Waals surface area contributed by atoms with E-state index in [-0.39, 0.29) is 33.8 Å². The van der Waals surface area contributed by atoms with E-state index in [2.05, 4.69) is 9.97 Å². The van der Waals surface area contributed by atoms with Gasteiger partial charge in [0.1, 0.15) is 24.2 Å². The number of hydrogen-bond acceptors (Lipinski definition) is 6. The molecule has 3 heterocycles. The maximum absolute atomic E-state index is 15.9. The summed E-state index contributed by atoms with van der Waals surface area (Å²) in [5.74, 6) is -1.37. The predicted octanol–water partition coefficient (Wildman–Crippen LogP) is 5.53. The number of benzene rings is 1. The molecule has 0 atom stereocenters. The normalized spacial score (nSPS) is 15.1. The van der Waals surface area contributed by atoms with Crippen LogP contribution in [0.5, 0.6) is 5.88 Å². The largest absolute Gasteiger partial charge is 0.472 e. The average Bonchev–Trinajstić information content (AvgIpc) is 3.28. The third kappa shape index (κ3) is 5.34. The molecular weight excluding hydrogens is 552 g/mol. The van der Waals surface area contributed by atoms with Gasteiger partial charge in [0.15, 0.2) is 0 Å². The van der Waals surface area contributed by atoms with Crippen molar-refractivity contribution >= 4 is 21.1 Å². The first-order chi connectivity index (χ1) is 18.8. The fraction of sp³-hybridized carbons (Fsp3) is 0.370. The van der Waals surface area contributed by atoms with Crippen molar-refractivity contribution in [2.24, 2.45) is 0 Å². The maximum Gasteiger partial charge on any atom is 0.406 e. The number of pyridine rings is 1. The number of nitrogens with zero attached hydrogens (tertiary/aromatic N) is 4. The fourth-order valence-corrected chi connectivity index (χ4v) is 6.30. The average molecular weight is 579 g/mol. The Kier molecular flexibility index (Phi) is 7.19. The topological polar surface area (TPSA) is 96.1 Å². The van der Waals surface area contributed by atoms with Crippen LogP contribution in [0, 0.1) is 19.7 Å². The first kappa shape index (κ1) is 27.8. The van der Waals surface area contributed by atoms with Gasteiger partial charge in [0.05, 0.1) is 15.9 Å². The van der Waals surface area contributed by atoms with Gasteiger partial charge in [0, 0.05) is 17.8 Å². The minimum Gasteiger partial charge on any atom is -0.472 e. The SMILES string of the molecule is Cc1ccc(S(=O)(=O)n2cc(-c3nc(C)nc(OC4CCCCC4)c3F)c3c2ccc(=O)n3CC(F)(F)F)cc1. The Hall–Kier alpha value is -3.74. The van der Waals surface area contributed by atoms with Gasteiger partial charge >= 0.3 is 6.18 Å². The van der Waals surface area contributed by atoms with Gasteiger partial charge < -0.3 is 4.74 Å². The van der Waals surface area contributed by atoms with Gasteiger partial charge in [-0.2, -0.15) is 22.5 Å². The molecule has 0 bridgehead atoms. The van der Waals surface area contributed by atoms with E-state index in [9.17, 15) is 26.4 Å². The van der Waals surface area contributed by atoms with Crippen LogP contribution in [-0.4, -0.2) is 39.2 Å². The zero-order valence-electron chi connectivity index (χ0n) is 21.7. The molecule has 1 aliphatic rings. The number of aryl methyl sites for hydroxylation is 2. The van der Waals surface area contributed by atoms with Crippen molar-refractivity contribution in [3.8, 4) is 17.1 Å². The second-order valence-electron chi connectivity index (χ2n) is 9.88. The summed E-state index contributed by atoms with van der Waals surface area (Å²) in [5.41, 5.74) is -1.71. The molecule has 1 aromatic carbocycles. The van der Waals surface area contributed by atoms with Gasteiger partial charge in [-0.25, -0.2) is 17.4 Å². The minimum absolute atomic E-state index is 0.0603. The molecule has 8 nitrogen and oxygen atoms in total. The van der Waals surface area contributed by atoms with Gasteiger partial charge in [0.2, 0.25) is 5.82 Å². The Morgan fingerprint density at radius 3 is 2.33 bits per heavy atom. The molecule has 0 unspecified atom stereocenters. The van der Waals surface area contributed by atoms with E-state index >= 15 is 4.39 Å². The van der Waals surface area contributed by atoms with Gasteiger partial charge in [-0.3, -0.25) is 9.36 Å². The van der Waals surface area contributed by atoms with Crippen LogP contribution < -0.4 is 10.3 Å².